The molecule has 2 aromatic heterocycles. The third kappa shape index (κ3) is 3.18. The summed E-state index contributed by atoms with van der Waals surface area (Å²) in [6.45, 7) is 4.96. The van der Waals surface area contributed by atoms with E-state index in [0.717, 1.165) is 35.7 Å². The van der Waals surface area contributed by atoms with E-state index in [1.165, 1.54) is 4.70 Å². The molecule has 0 amide bonds. The molecular formula is C16H20N4OS. The van der Waals surface area contributed by atoms with Crippen molar-refractivity contribution >= 4 is 21.6 Å². The fourth-order valence-electron chi connectivity index (χ4n) is 2.29. The van der Waals surface area contributed by atoms with E-state index in [-0.39, 0.29) is 6.04 Å². The second-order valence-electron chi connectivity index (χ2n) is 5.47. The number of aromatic nitrogens is 3. The molecule has 1 aromatic carbocycles. The van der Waals surface area contributed by atoms with Crippen molar-refractivity contribution in [1.29, 1.82) is 0 Å². The predicted molar refractivity (Wildman–Crippen MR) is 87.8 cm³/mol. The first-order chi connectivity index (χ1) is 10.7. The molecule has 0 saturated carbocycles. The van der Waals surface area contributed by atoms with Gasteiger partial charge in [0, 0.05) is 6.42 Å². The minimum Gasteiger partial charge on any atom is -0.338 e. The van der Waals surface area contributed by atoms with Crippen molar-refractivity contribution in [2.45, 2.75) is 39.3 Å². The van der Waals surface area contributed by atoms with Gasteiger partial charge in [-0.25, -0.2) is 4.98 Å². The molecule has 3 aromatic rings. The van der Waals surface area contributed by atoms with E-state index < -0.39 is 0 Å². The minimum atomic E-state index is 0.0742. The van der Waals surface area contributed by atoms with Gasteiger partial charge in [-0.1, -0.05) is 24.2 Å². The van der Waals surface area contributed by atoms with Gasteiger partial charge in [-0.2, -0.15) is 4.98 Å². The summed E-state index contributed by atoms with van der Waals surface area (Å²) in [6.07, 6.45) is 1.88. The van der Waals surface area contributed by atoms with Gasteiger partial charge in [0.25, 0.3) is 0 Å². The lowest BCUT2D eigenvalue weighted by Crippen LogP contribution is -2.22. The number of hydrogen-bond donors (Lipinski definition) is 0. The Balaban J connectivity index is 1.70. The van der Waals surface area contributed by atoms with E-state index in [1.807, 2.05) is 18.2 Å². The van der Waals surface area contributed by atoms with E-state index in [4.69, 9.17) is 4.52 Å². The number of aryl methyl sites for hydroxylation is 1. The number of fused-ring (bicyclic) bond motifs is 1. The van der Waals surface area contributed by atoms with Crippen molar-refractivity contribution in [3.05, 3.63) is 41.0 Å². The van der Waals surface area contributed by atoms with Crippen LogP contribution in [0.25, 0.3) is 10.2 Å². The summed E-state index contributed by atoms with van der Waals surface area (Å²) >= 11 is 1.73. The van der Waals surface area contributed by atoms with Crippen molar-refractivity contribution in [3.8, 4) is 0 Å². The lowest BCUT2D eigenvalue weighted by atomic mass is 10.3. The molecule has 1 atom stereocenters. The van der Waals surface area contributed by atoms with Crippen LogP contribution in [0.2, 0.25) is 0 Å². The fraction of sp³-hybridized carbons (Fsp3) is 0.438. The van der Waals surface area contributed by atoms with E-state index in [0.29, 0.717) is 5.89 Å². The van der Waals surface area contributed by atoms with Gasteiger partial charge in [0.2, 0.25) is 5.89 Å². The Morgan fingerprint density at radius 1 is 1.27 bits per heavy atom. The Hall–Kier alpha value is -1.79. The Morgan fingerprint density at radius 2 is 2.09 bits per heavy atom. The van der Waals surface area contributed by atoms with Crippen LogP contribution < -0.4 is 0 Å². The van der Waals surface area contributed by atoms with E-state index in [9.17, 15) is 0 Å². The zero-order valence-electron chi connectivity index (χ0n) is 13.1. The Morgan fingerprint density at radius 3 is 2.86 bits per heavy atom. The second-order valence-corrected chi connectivity index (χ2v) is 6.58. The molecule has 0 aliphatic carbocycles. The lowest BCUT2D eigenvalue weighted by Gasteiger charge is -2.19. The molecule has 0 aliphatic heterocycles. The first-order valence-electron chi connectivity index (χ1n) is 7.54. The molecule has 0 bridgehead atoms. The number of thiazole rings is 1. The Labute approximate surface area is 134 Å². The summed E-state index contributed by atoms with van der Waals surface area (Å²) in [4.78, 5) is 11.3. The average Bonchev–Trinajstić information content (AvgIpc) is 3.12. The molecule has 0 saturated heterocycles. The number of hydrogen-bond acceptors (Lipinski definition) is 6. The van der Waals surface area contributed by atoms with Gasteiger partial charge in [-0.15, -0.1) is 11.3 Å². The molecule has 3 rings (SSSR count). The molecule has 2 heterocycles. The highest BCUT2D eigenvalue weighted by molar-refractivity contribution is 7.18. The van der Waals surface area contributed by atoms with Gasteiger partial charge in [0.1, 0.15) is 5.01 Å². The normalized spacial score (nSPS) is 13.1. The van der Waals surface area contributed by atoms with Crippen molar-refractivity contribution < 1.29 is 4.52 Å². The SMILES string of the molecule is CCCc1noc([C@@H](C)N(C)Cc2nc3ccccc3s2)n1. The molecule has 6 heteroatoms. The quantitative estimate of drug-likeness (QED) is 0.692. The molecule has 116 valence electrons. The van der Waals surface area contributed by atoms with Crippen LogP contribution in [0, 0.1) is 0 Å². The maximum Gasteiger partial charge on any atom is 0.243 e. The zero-order chi connectivity index (χ0) is 15.5. The lowest BCUT2D eigenvalue weighted by molar-refractivity contribution is 0.202. The summed E-state index contributed by atoms with van der Waals surface area (Å²) in [7, 11) is 2.06. The number of nitrogens with zero attached hydrogens (tertiary/aromatic N) is 4. The van der Waals surface area contributed by atoms with Crippen molar-refractivity contribution in [3.63, 3.8) is 0 Å². The highest BCUT2D eigenvalue weighted by Gasteiger charge is 2.19. The maximum absolute atomic E-state index is 5.38. The minimum absolute atomic E-state index is 0.0742. The van der Waals surface area contributed by atoms with Crippen LogP contribution in [0.1, 0.15) is 43.0 Å². The Bertz CT molecular complexity index is 718. The predicted octanol–water partition coefficient (Wildman–Crippen LogP) is 3.82. The molecule has 0 N–H and O–H groups in total. The third-order valence-corrected chi connectivity index (χ3v) is 4.72. The molecule has 22 heavy (non-hydrogen) atoms. The summed E-state index contributed by atoms with van der Waals surface area (Å²) in [6, 6.07) is 8.30. The van der Waals surface area contributed by atoms with Gasteiger partial charge in [0.15, 0.2) is 5.82 Å². The van der Waals surface area contributed by atoms with E-state index in [2.05, 4.69) is 47.0 Å². The van der Waals surface area contributed by atoms with E-state index >= 15 is 0 Å². The van der Waals surface area contributed by atoms with Crippen LogP contribution in [0.3, 0.4) is 0 Å². The molecule has 0 unspecified atom stereocenters. The first-order valence-corrected chi connectivity index (χ1v) is 8.36. The number of para-hydroxylation sites is 1. The summed E-state index contributed by atoms with van der Waals surface area (Å²) in [5.41, 5.74) is 1.06. The van der Waals surface area contributed by atoms with Crippen LogP contribution >= 0.6 is 11.3 Å². The largest absolute Gasteiger partial charge is 0.338 e. The topological polar surface area (TPSA) is 55.1 Å². The highest BCUT2D eigenvalue weighted by atomic mass is 32.1. The van der Waals surface area contributed by atoms with Crippen molar-refractivity contribution in [1.82, 2.24) is 20.0 Å². The average molecular weight is 316 g/mol. The van der Waals surface area contributed by atoms with Gasteiger partial charge in [-0.05, 0) is 32.5 Å². The monoisotopic (exact) mass is 316 g/mol. The smallest absolute Gasteiger partial charge is 0.243 e. The molecular weight excluding hydrogens is 296 g/mol. The van der Waals surface area contributed by atoms with Crippen LogP contribution in [0.5, 0.6) is 0 Å². The number of benzene rings is 1. The second kappa shape index (κ2) is 6.54. The summed E-state index contributed by atoms with van der Waals surface area (Å²) in [5, 5.41) is 5.13. The fourth-order valence-corrected chi connectivity index (χ4v) is 3.32. The number of rotatable bonds is 6. The third-order valence-electron chi connectivity index (χ3n) is 3.70. The van der Waals surface area contributed by atoms with Crippen LogP contribution in [0.4, 0.5) is 0 Å². The Kier molecular flexibility index (Phi) is 4.49. The first kappa shape index (κ1) is 15.1. The summed E-state index contributed by atoms with van der Waals surface area (Å²) in [5.74, 6) is 1.46. The van der Waals surface area contributed by atoms with Crippen LogP contribution in [-0.4, -0.2) is 27.1 Å². The van der Waals surface area contributed by atoms with Gasteiger partial charge in [-0.3, -0.25) is 4.90 Å². The van der Waals surface area contributed by atoms with E-state index in [1.54, 1.807) is 11.3 Å². The molecule has 0 aliphatic rings. The zero-order valence-corrected chi connectivity index (χ0v) is 13.9. The van der Waals surface area contributed by atoms with Crippen LogP contribution in [-0.2, 0) is 13.0 Å². The molecule has 0 spiro atoms. The summed E-state index contributed by atoms with van der Waals surface area (Å²) < 4.78 is 6.60. The van der Waals surface area contributed by atoms with Crippen molar-refractivity contribution in [2.24, 2.45) is 0 Å². The van der Waals surface area contributed by atoms with Gasteiger partial charge >= 0.3 is 0 Å². The molecule has 0 radical (unpaired) electrons. The highest BCUT2D eigenvalue weighted by Crippen LogP contribution is 2.25. The molecule has 0 fully saturated rings. The van der Waals surface area contributed by atoms with Gasteiger partial charge < -0.3 is 4.52 Å². The molecule has 5 nitrogen and oxygen atoms in total. The maximum atomic E-state index is 5.38. The van der Waals surface area contributed by atoms with Crippen LogP contribution in [0.15, 0.2) is 28.8 Å². The standard InChI is InChI=1S/C16H20N4OS/c1-4-7-14-18-16(21-19-14)11(2)20(3)10-15-17-12-8-5-6-9-13(12)22-15/h5-6,8-9,11H,4,7,10H2,1-3H3/t11-/m1/s1. The van der Waals surface area contributed by atoms with Crippen molar-refractivity contribution in [2.75, 3.05) is 7.05 Å². The van der Waals surface area contributed by atoms with Gasteiger partial charge in [0.05, 0.1) is 22.8 Å².